The molecule has 0 aliphatic rings. The predicted octanol–water partition coefficient (Wildman–Crippen LogP) is 1.65. The molecule has 0 saturated carbocycles. The van der Waals surface area contributed by atoms with Gasteiger partial charge in [0.15, 0.2) is 0 Å². The highest BCUT2D eigenvalue weighted by Crippen LogP contribution is 2.19. The van der Waals surface area contributed by atoms with Crippen LogP contribution in [0.5, 0.6) is 0 Å². The molecule has 1 amide bonds. The Morgan fingerprint density at radius 2 is 2.11 bits per heavy atom. The zero-order valence-electron chi connectivity index (χ0n) is 11.3. The number of rotatable bonds is 5. The topological polar surface area (TPSA) is 92.5 Å². The minimum absolute atomic E-state index is 0.00719. The van der Waals surface area contributed by atoms with Crippen molar-refractivity contribution in [1.82, 2.24) is 5.32 Å². The molecule has 0 unspecified atom stereocenters. The molecule has 0 fully saturated rings. The van der Waals surface area contributed by atoms with Crippen molar-refractivity contribution >= 4 is 11.6 Å². The van der Waals surface area contributed by atoms with Crippen molar-refractivity contribution in [3.63, 3.8) is 0 Å². The van der Waals surface area contributed by atoms with Gasteiger partial charge in [-0.1, -0.05) is 13.8 Å². The van der Waals surface area contributed by atoms with Crippen LogP contribution in [0.25, 0.3) is 0 Å². The maximum atomic E-state index is 11.9. The molecule has 0 heterocycles. The molecule has 0 aliphatic heterocycles. The summed E-state index contributed by atoms with van der Waals surface area (Å²) >= 11 is 0. The molecule has 0 aliphatic carbocycles. The van der Waals surface area contributed by atoms with E-state index >= 15 is 0 Å². The first kappa shape index (κ1) is 15.1. The first-order valence-corrected chi connectivity index (χ1v) is 5.91. The van der Waals surface area contributed by atoms with E-state index in [-0.39, 0.29) is 18.2 Å². The van der Waals surface area contributed by atoms with Gasteiger partial charge in [-0.3, -0.25) is 14.9 Å². The summed E-state index contributed by atoms with van der Waals surface area (Å²) in [5.74, 6) is -0.306. The van der Waals surface area contributed by atoms with Crippen LogP contribution >= 0.6 is 0 Å². The van der Waals surface area contributed by atoms with E-state index in [1.807, 2.05) is 13.8 Å². The van der Waals surface area contributed by atoms with Gasteiger partial charge in [0.1, 0.15) is 0 Å². The van der Waals surface area contributed by atoms with Crippen molar-refractivity contribution in [2.24, 2.45) is 5.41 Å². The monoisotopic (exact) mass is 266 g/mol. The van der Waals surface area contributed by atoms with Crippen molar-refractivity contribution in [2.45, 2.75) is 20.8 Å². The van der Waals surface area contributed by atoms with Crippen molar-refractivity contribution in [2.75, 3.05) is 13.2 Å². The molecular weight excluding hydrogens is 248 g/mol. The van der Waals surface area contributed by atoms with Gasteiger partial charge in [0, 0.05) is 35.8 Å². The van der Waals surface area contributed by atoms with Crippen LogP contribution in [0.15, 0.2) is 18.2 Å². The normalized spacial score (nSPS) is 11.2. The van der Waals surface area contributed by atoms with Gasteiger partial charge in [0.25, 0.3) is 11.6 Å². The predicted molar refractivity (Wildman–Crippen MR) is 71.0 cm³/mol. The highest BCUT2D eigenvalue weighted by molar-refractivity contribution is 5.94. The smallest absolute Gasteiger partial charge is 0.272 e. The molecule has 1 rings (SSSR count). The average Bonchev–Trinajstić information content (AvgIpc) is 2.35. The molecule has 0 spiro atoms. The number of carbonyl (C=O) groups is 1. The Morgan fingerprint density at radius 3 is 2.58 bits per heavy atom. The highest BCUT2D eigenvalue weighted by Gasteiger charge is 2.19. The van der Waals surface area contributed by atoms with E-state index in [1.54, 1.807) is 6.92 Å². The Hall–Kier alpha value is -1.95. The Balaban J connectivity index is 2.79. The Morgan fingerprint density at radius 1 is 1.47 bits per heavy atom. The highest BCUT2D eigenvalue weighted by atomic mass is 16.6. The lowest BCUT2D eigenvalue weighted by Crippen LogP contribution is -2.36. The van der Waals surface area contributed by atoms with E-state index in [4.69, 9.17) is 5.11 Å². The zero-order chi connectivity index (χ0) is 14.6. The number of nitro groups is 1. The van der Waals surface area contributed by atoms with Gasteiger partial charge >= 0.3 is 0 Å². The first-order chi connectivity index (χ1) is 8.76. The summed E-state index contributed by atoms with van der Waals surface area (Å²) in [5.41, 5.74) is 0.411. The van der Waals surface area contributed by atoms with E-state index in [1.165, 1.54) is 18.2 Å². The number of nitrogens with one attached hydrogen (secondary N) is 1. The molecular formula is C13H18N2O4. The third-order valence-electron chi connectivity index (χ3n) is 2.81. The summed E-state index contributed by atoms with van der Waals surface area (Å²) in [6.45, 7) is 5.54. The average molecular weight is 266 g/mol. The Bertz CT molecular complexity index is 497. The fourth-order valence-electron chi connectivity index (χ4n) is 1.48. The standard InChI is InChI=1S/C13H18N2O4/c1-9-6-10(4-5-11(9)15(18)19)12(17)14-7-13(2,3)8-16/h4-6,16H,7-8H2,1-3H3,(H,14,17). The van der Waals surface area contributed by atoms with Gasteiger partial charge < -0.3 is 10.4 Å². The van der Waals surface area contributed by atoms with Gasteiger partial charge in [0.05, 0.1) is 4.92 Å². The molecule has 0 atom stereocenters. The maximum Gasteiger partial charge on any atom is 0.272 e. The van der Waals surface area contributed by atoms with Gasteiger partial charge in [-0.25, -0.2) is 0 Å². The number of carbonyl (C=O) groups excluding carboxylic acids is 1. The minimum atomic E-state index is -0.480. The van der Waals surface area contributed by atoms with E-state index in [0.29, 0.717) is 17.7 Å². The molecule has 6 nitrogen and oxygen atoms in total. The number of aryl methyl sites for hydroxylation is 1. The third kappa shape index (κ3) is 4.03. The van der Waals surface area contributed by atoms with Crippen molar-refractivity contribution in [1.29, 1.82) is 0 Å². The van der Waals surface area contributed by atoms with Crippen LogP contribution in [0.2, 0.25) is 0 Å². The van der Waals surface area contributed by atoms with Crippen LogP contribution in [0.3, 0.4) is 0 Å². The van der Waals surface area contributed by atoms with Crippen LogP contribution < -0.4 is 5.32 Å². The number of nitro benzene ring substituents is 1. The summed E-state index contributed by atoms with van der Waals surface area (Å²) in [6.07, 6.45) is 0. The van der Waals surface area contributed by atoms with E-state index < -0.39 is 10.3 Å². The number of nitrogens with zero attached hydrogens (tertiary/aromatic N) is 1. The van der Waals surface area contributed by atoms with Crippen LogP contribution in [0, 0.1) is 22.5 Å². The lowest BCUT2D eigenvalue weighted by molar-refractivity contribution is -0.385. The molecule has 0 aromatic heterocycles. The van der Waals surface area contributed by atoms with Gasteiger partial charge in [0.2, 0.25) is 0 Å². The van der Waals surface area contributed by atoms with Crippen molar-refractivity contribution in [3.8, 4) is 0 Å². The minimum Gasteiger partial charge on any atom is -0.396 e. The fraction of sp³-hybridized carbons (Fsp3) is 0.462. The molecule has 1 aromatic rings. The number of aliphatic hydroxyl groups excluding tert-OH is 1. The second-order valence-electron chi connectivity index (χ2n) is 5.26. The molecule has 1 aromatic carbocycles. The Labute approximate surface area is 111 Å². The summed E-state index contributed by atoms with van der Waals surface area (Å²) in [6, 6.07) is 4.23. The Kier molecular flexibility index (Phi) is 4.61. The summed E-state index contributed by atoms with van der Waals surface area (Å²) in [7, 11) is 0. The molecule has 6 heteroatoms. The fourth-order valence-corrected chi connectivity index (χ4v) is 1.48. The second kappa shape index (κ2) is 5.79. The maximum absolute atomic E-state index is 11.9. The largest absolute Gasteiger partial charge is 0.396 e. The van der Waals surface area contributed by atoms with Crippen LogP contribution in [-0.2, 0) is 0 Å². The quantitative estimate of drug-likeness (QED) is 0.626. The summed E-state index contributed by atoms with van der Waals surface area (Å²) in [4.78, 5) is 22.1. The summed E-state index contributed by atoms with van der Waals surface area (Å²) < 4.78 is 0. The molecule has 0 bridgehead atoms. The van der Waals surface area contributed by atoms with Crippen LogP contribution in [-0.4, -0.2) is 29.1 Å². The molecule has 104 valence electrons. The molecule has 19 heavy (non-hydrogen) atoms. The van der Waals surface area contributed by atoms with E-state index in [2.05, 4.69) is 5.32 Å². The van der Waals surface area contributed by atoms with Gasteiger partial charge in [-0.2, -0.15) is 0 Å². The van der Waals surface area contributed by atoms with Crippen molar-refractivity contribution < 1.29 is 14.8 Å². The van der Waals surface area contributed by atoms with Crippen LogP contribution in [0.4, 0.5) is 5.69 Å². The number of hydrogen-bond donors (Lipinski definition) is 2. The molecule has 0 saturated heterocycles. The van der Waals surface area contributed by atoms with E-state index in [0.717, 1.165) is 0 Å². The lowest BCUT2D eigenvalue weighted by Gasteiger charge is -2.21. The SMILES string of the molecule is Cc1cc(C(=O)NCC(C)(C)CO)ccc1[N+](=O)[O-]. The molecule has 2 N–H and O–H groups in total. The summed E-state index contributed by atoms with van der Waals surface area (Å²) in [5, 5.41) is 22.5. The van der Waals surface area contributed by atoms with Gasteiger partial charge in [-0.15, -0.1) is 0 Å². The van der Waals surface area contributed by atoms with E-state index in [9.17, 15) is 14.9 Å². The lowest BCUT2D eigenvalue weighted by atomic mass is 9.95. The van der Waals surface area contributed by atoms with Crippen LogP contribution in [0.1, 0.15) is 29.8 Å². The number of aliphatic hydroxyl groups is 1. The third-order valence-corrected chi connectivity index (χ3v) is 2.81. The number of hydrogen-bond acceptors (Lipinski definition) is 4. The number of benzene rings is 1. The van der Waals surface area contributed by atoms with Gasteiger partial charge in [-0.05, 0) is 19.1 Å². The first-order valence-electron chi connectivity index (χ1n) is 5.91. The van der Waals surface area contributed by atoms with Crippen molar-refractivity contribution in [3.05, 3.63) is 39.4 Å². The number of amides is 1. The molecule has 0 radical (unpaired) electrons. The zero-order valence-corrected chi connectivity index (χ0v) is 11.3. The second-order valence-corrected chi connectivity index (χ2v) is 5.26.